The van der Waals surface area contributed by atoms with E-state index in [0.717, 1.165) is 54.5 Å². The number of aryl methyl sites for hydroxylation is 3. The molecule has 7 heterocycles. The van der Waals surface area contributed by atoms with Crippen LogP contribution < -0.4 is 27.0 Å². The quantitative estimate of drug-likeness (QED) is 0.161. The number of nitrogens with two attached hydrogens (primary N) is 1. The Morgan fingerprint density at radius 2 is 1.54 bits per heavy atom. The number of primary amides is 1. The van der Waals surface area contributed by atoms with Crippen LogP contribution in [0.1, 0.15) is 97.1 Å². The predicted molar refractivity (Wildman–Crippen MR) is 305 cm³/mol. The Labute approximate surface area is 480 Å². The zero-order valence-electron chi connectivity index (χ0n) is 45.6. The summed E-state index contributed by atoms with van der Waals surface area (Å²) in [6.45, 7) is 14.1. The summed E-state index contributed by atoms with van der Waals surface area (Å²) in [7, 11) is 0. The van der Waals surface area contributed by atoms with Gasteiger partial charge in [-0.25, -0.2) is 4.98 Å². The normalized spacial score (nSPS) is 23.7. The molecule has 7 atom stereocenters. The highest BCUT2D eigenvalue weighted by atomic mass is 35.5. The summed E-state index contributed by atoms with van der Waals surface area (Å²) >= 11 is 10.3. The van der Waals surface area contributed by atoms with Crippen molar-refractivity contribution in [3.05, 3.63) is 104 Å². The number of rotatable bonds is 6. The number of thiazole rings is 1. The maximum Gasteiger partial charge on any atom is 0.247 e. The van der Waals surface area contributed by atoms with Gasteiger partial charge in [-0.05, 0) is 74.3 Å². The van der Waals surface area contributed by atoms with Gasteiger partial charge in [-0.1, -0.05) is 75.7 Å². The number of aromatic nitrogens is 4. The molecule has 3 saturated heterocycles. The van der Waals surface area contributed by atoms with Crippen molar-refractivity contribution in [3.8, 4) is 15.4 Å². The molecule has 422 valence electrons. The third kappa shape index (κ3) is 12.0. The van der Waals surface area contributed by atoms with E-state index in [-0.39, 0.29) is 56.4 Å². The Kier molecular flexibility index (Phi) is 17.0. The van der Waals surface area contributed by atoms with Crippen LogP contribution >= 0.6 is 46.0 Å². The molecule has 3 aromatic heterocycles. The van der Waals surface area contributed by atoms with Gasteiger partial charge in [0.15, 0.2) is 5.82 Å². The molecular weight excluding hydrogens is 1100 g/mol. The molecule has 5 aromatic rings. The van der Waals surface area contributed by atoms with Gasteiger partial charge in [0, 0.05) is 46.4 Å². The van der Waals surface area contributed by atoms with Crippen molar-refractivity contribution in [2.45, 2.75) is 104 Å². The van der Waals surface area contributed by atoms with E-state index in [2.05, 4.69) is 36.4 Å². The first kappa shape index (κ1) is 57.7. The van der Waals surface area contributed by atoms with Gasteiger partial charge in [0.2, 0.25) is 47.3 Å². The van der Waals surface area contributed by atoms with Gasteiger partial charge in [-0.3, -0.25) is 47.9 Å². The fraction of sp³-hybridized carbons (Fsp3) is 0.455. The number of aliphatic imine (C=N–C) groups is 1. The van der Waals surface area contributed by atoms with Crippen molar-refractivity contribution in [2.24, 2.45) is 22.1 Å². The van der Waals surface area contributed by atoms with E-state index in [1.807, 2.05) is 51.3 Å². The van der Waals surface area contributed by atoms with Gasteiger partial charge in [0.1, 0.15) is 47.1 Å². The molecule has 0 aliphatic carbocycles. The summed E-state index contributed by atoms with van der Waals surface area (Å²) in [6, 6.07) is 7.22. The molecule has 0 radical (unpaired) electrons. The Hall–Kier alpha value is -7.02. The SMILES string of the molecule is Cc1ncsc1-c1ccc([C@H]2NC(=O)[C@@H]3C[C@@H](C)CN3C(=O)[C@H](C(C)(C)C)NC(=O)CSC[C@H](C(N)=O)NC(=O)[C@H]3CN(C(=O)C[C@@H]4N=C(c5ccc(Cl)cc5)c5c(sc(C)c5C)-n5c(C)nnc54)CCN3C(=O)CNC2=O)cc1. The maximum atomic E-state index is 14.8. The van der Waals surface area contributed by atoms with Gasteiger partial charge in [-0.15, -0.1) is 44.6 Å². The van der Waals surface area contributed by atoms with Gasteiger partial charge in [0.05, 0.1) is 47.1 Å². The highest BCUT2D eigenvalue weighted by molar-refractivity contribution is 8.00. The van der Waals surface area contributed by atoms with Gasteiger partial charge < -0.3 is 41.7 Å². The lowest BCUT2D eigenvalue weighted by Crippen LogP contribution is -2.64. The van der Waals surface area contributed by atoms with Gasteiger partial charge >= 0.3 is 0 Å². The minimum absolute atomic E-state index is 0.0286. The first-order chi connectivity index (χ1) is 38.0. The molecule has 3 fully saturated rings. The number of thiophene rings is 1. The number of thioether (sulfide) groups is 1. The smallest absolute Gasteiger partial charge is 0.247 e. The second-order valence-corrected chi connectivity index (χ2v) is 25.3. The van der Waals surface area contributed by atoms with Crippen molar-refractivity contribution in [2.75, 3.05) is 44.2 Å². The minimum Gasteiger partial charge on any atom is -0.368 e. The number of carbonyl (C=O) groups is 8. The number of fused-ring (bicyclic) bond motifs is 5. The second kappa shape index (κ2) is 23.6. The molecule has 2 aromatic carbocycles. The van der Waals surface area contributed by atoms with Gasteiger partial charge in [-0.2, -0.15) is 0 Å². The number of halogens is 1. The van der Waals surface area contributed by atoms with Crippen molar-refractivity contribution in [3.63, 3.8) is 0 Å². The zero-order valence-corrected chi connectivity index (χ0v) is 48.8. The van der Waals surface area contributed by atoms with E-state index in [1.54, 1.807) is 74.0 Å². The van der Waals surface area contributed by atoms with Crippen LogP contribution in [0.3, 0.4) is 0 Å². The number of carbonyl (C=O) groups excluding carboxylic acids is 8. The first-order valence-corrected chi connectivity index (χ1v) is 29.5. The van der Waals surface area contributed by atoms with Crippen LogP contribution in [-0.2, 0) is 38.4 Å². The molecule has 25 heteroatoms. The van der Waals surface area contributed by atoms with Crippen molar-refractivity contribution in [1.82, 2.24) is 55.7 Å². The van der Waals surface area contributed by atoms with E-state index in [4.69, 9.17) is 22.3 Å². The lowest BCUT2D eigenvalue weighted by atomic mass is 9.85. The molecule has 0 spiro atoms. The standard InChI is InChI=1S/C55H64ClN13O8S3/c1-27-19-38-50(74)63-45(33-9-11-34(12-10-33)46-29(3)59-26-79-46)52(76)58-21-42(72)67-18-17-66(23-39(67)51(75)61-37(48(57)73)24-78-25-40(70)62-47(55(6,7)8)53(77)68(38)22-27)41(71)20-36-49-65-64-31(5)69(49)54-43(28(2)30(4)80-54)44(60-36)32-13-15-35(56)16-14-32/h9-16,26-27,36-39,45,47H,17-25H2,1-8H3,(H2,57,73)(H,58,76)(H,61,75)(H,62,70)(H,63,74)/t27-,36+,37-,38+,39-,45-,47-/m1/s1. The largest absolute Gasteiger partial charge is 0.368 e. The van der Waals surface area contributed by atoms with Crippen LogP contribution in [0.25, 0.3) is 15.4 Å². The first-order valence-electron chi connectivity index (χ1n) is 26.3. The molecule has 9 rings (SSSR count). The molecule has 0 unspecified atom stereocenters. The molecular formula is C55H64ClN13O8S3. The van der Waals surface area contributed by atoms with Crippen LogP contribution in [0, 0.1) is 39.0 Å². The van der Waals surface area contributed by atoms with Crippen LogP contribution in [0.5, 0.6) is 0 Å². The Bertz CT molecular complexity index is 3300. The molecule has 4 aliphatic rings. The highest BCUT2D eigenvalue weighted by Gasteiger charge is 2.46. The third-order valence-corrected chi connectivity index (χ3v) is 18.4. The van der Waals surface area contributed by atoms with Gasteiger partial charge in [0.25, 0.3) is 0 Å². The van der Waals surface area contributed by atoms with E-state index in [1.165, 1.54) is 26.0 Å². The summed E-state index contributed by atoms with van der Waals surface area (Å²) in [6.07, 6.45) is 0.0646. The van der Waals surface area contributed by atoms with Crippen LogP contribution in [0.2, 0.25) is 5.02 Å². The second-order valence-electron chi connectivity index (χ2n) is 21.8. The van der Waals surface area contributed by atoms with E-state index in [9.17, 15) is 38.4 Å². The average molecular weight is 1170 g/mol. The predicted octanol–water partition coefficient (Wildman–Crippen LogP) is 4.12. The van der Waals surface area contributed by atoms with E-state index >= 15 is 0 Å². The number of nitrogens with one attached hydrogen (secondary N) is 4. The van der Waals surface area contributed by atoms with Crippen molar-refractivity contribution >= 4 is 99.0 Å². The van der Waals surface area contributed by atoms with Crippen molar-refractivity contribution in [1.29, 1.82) is 0 Å². The Morgan fingerprint density at radius 3 is 2.21 bits per heavy atom. The Morgan fingerprint density at radius 1 is 0.838 bits per heavy atom. The summed E-state index contributed by atoms with van der Waals surface area (Å²) in [5, 5.41) is 21.5. The summed E-state index contributed by atoms with van der Waals surface area (Å²) < 4.78 is 1.92. The molecule has 0 bridgehead atoms. The maximum absolute atomic E-state index is 14.8. The highest BCUT2D eigenvalue weighted by Crippen LogP contribution is 2.40. The molecule has 8 amide bonds. The molecule has 4 aliphatic heterocycles. The number of benzene rings is 2. The van der Waals surface area contributed by atoms with Crippen LogP contribution in [-0.4, -0.2) is 156 Å². The fourth-order valence-electron chi connectivity index (χ4n) is 10.6. The molecule has 6 N–H and O–H groups in total. The van der Waals surface area contributed by atoms with Crippen LogP contribution in [0.4, 0.5) is 0 Å². The van der Waals surface area contributed by atoms with Crippen molar-refractivity contribution < 1.29 is 38.4 Å². The number of nitrogens with zero attached hydrogens (tertiary/aromatic N) is 8. The topological polar surface area (TPSA) is 276 Å². The fourth-order valence-corrected chi connectivity index (χ4v) is 13.6. The zero-order chi connectivity index (χ0) is 57.5. The Balaban J connectivity index is 1.03. The summed E-state index contributed by atoms with van der Waals surface area (Å²) in [5.41, 5.74) is 12.1. The summed E-state index contributed by atoms with van der Waals surface area (Å²) in [5.74, 6) is -4.74. The average Bonchev–Trinajstić information content (AvgIpc) is 4.19. The number of hydrogen-bond donors (Lipinski definition) is 5. The number of piperazine rings is 1. The summed E-state index contributed by atoms with van der Waals surface area (Å²) in [4.78, 5) is 130. The minimum atomic E-state index is -1.40. The number of hydrogen-bond acceptors (Lipinski definition) is 15. The monoisotopic (exact) mass is 1170 g/mol. The van der Waals surface area contributed by atoms with Crippen LogP contribution in [0.15, 0.2) is 59.0 Å². The lowest BCUT2D eigenvalue weighted by molar-refractivity contribution is -0.149. The number of amides is 8. The molecule has 0 saturated carbocycles. The molecule has 80 heavy (non-hydrogen) atoms. The van der Waals surface area contributed by atoms with E-state index in [0.29, 0.717) is 27.9 Å². The van der Waals surface area contributed by atoms with E-state index < -0.39 is 95.5 Å². The lowest BCUT2D eigenvalue weighted by Gasteiger charge is -2.41. The molecule has 21 nitrogen and oxygen atoms in total. The third-order valence-electron chi connectivity index (χ3n) is 15.0.